The molecular weight excluding hydrogens is 238 g/mol. The van der Waals surface area contributed by atoms with Crippen LogP contribution in [0.15, 0.2) is 0 Å². The Bertz CT molecular complexity index is 245. The summed E-state index contributed by atoms with van der Waals surface area (Å²) in [5, 5.41) is 3.78. The number of ether oxygens (including phenoxy) is 2. The van der Waals surface area contributed by atoms with Crippen LogP contribution in [0, 0.1) is 5.92 Å². The van der Waals surface area contributed by atoms with E-state index < -0.39 is 0 Å². The van der Waals surface area contributed by atoms with Crippen LogP contribution in [0.3, 0.4) is 0 Å². The summed E-state index contributed by atoms with van der Waals surface area (Å²) in [6.07, 6.45) is 10.2. The van der Waals surface area contributed by atoms with Gasteiger partial charge < -0.3 is 14.8 Å². The van der Waals surface area contributed by atoms with Crippen molar-refractivity contribution in [2.24, 2.45) is 5.92 Å². The van der Waals surface area contributed by atoms with Crippen molar-refractivity contribution in [3.8, 4) is 0 Å². The molecular formula is C16H31NO2. The lowest BCUT2D eigenvalue weighted by atomic mass is 9.80. The van der Waals surface area contributed by atoms with E-state index in [1.54, 1.807) is 0 Å². The van der Waals surface area contributed by atoms with Gasteiger partial charge in [-0.05, 0) is 25.3 Å². The van der Waals surface area contributed by atoms with Crippen molar-refractivity contribution in [2.75, 3.05) is 26.9 Å². The third kappa shape index (κ3) is 3.93. The highest BCUT2D eigenvalue weighted by molar-refractivity contribution is 4.96. The van der Waals surface area contributed by atoms with Gasteiger partial charge in [-0.15, -0.1) is 0 Å². The zero-order valence-electron chi connectivity index (χ0n) is 12.7. The van der Waals surface area contributed by atoms with E-state index in [0.29, 0.717) is 6.04 Å². The molecule has 0 radical (unpaired) electrons. The van der Waals surface area contributed by atoms with Crippen molar-refractivity contribution >= 4 is 0 Å². The van der Waals surface area contributed by atoms with Crippen LogP contribution in [0.1, 0.15) is 58.3 Å². The van der Waals surface area contributed by atoms with E-state index in [1.807, 2.05) is 7.11 Å². The first-order valence-corrected chi connectivity index (χ1v) is 8.17. The second kappa shape index (κ2) is 7.61. The van der Waals surface area contributed by atoms with Crippen LogP contribution in [0.4, 0.5) is 0 Å². The summed E-state index contributed by atoms with van der Waals surface area (Å²) >= 11 is 0. The van der Waals surface area contributed by atoms with E-state index >= 15 is 0 Å². The average molecular weight is 269 g/mol. The standard InChI is InChI=1S/C16H31NO2/c1-3-10-17-15(13-14-6-4-5-7-14)16(18-2)8-11-19-12-9-16/h14-15,17H,3-13H2,1-2H3. The predicted octanol–water partition coefficient (Wildman–Crippen LogP) is 3.13. The average Bonchev–Trinajstić information content (AvgIpc) is 2.97. The third-order valence-corrected chi connectivity index (χ3v) is 5.07. The van der Waals surface area contributed by atoms with Crippen LogP contribution in [-0.4, -0.2) is 38.5 Å². The summed E-state index contributed by atoms with van der Waals surface area (Å²) in [5.74, 6) is 0.907. The van der Waals surface area contributed by atoms with Gasteiger partial charge in [0.1, 0.15) is 0 Å². The highest BCUT2D eigenvalue weighted by Crippen LogP contribution is 2.36. The van der Waals surface area contributed by atoms with Gasteiger partial charge in [0.15, 0.2) is 0 Å². The molecule has 2 fully saturated rings. The van der Waals surface area contributed by atoms with Crippen molar-refractivity contribution in [2.45, 2.75) is 69.9 Å². The summed E-state index contributed by atoms with van der Waals surface area (Å²) in [4.78, 5) is 0. The lowest BCUT2D eigenvalue weighted by Gasteiger charge is -2.43. The van der Waals surface area contributed by atoms with Gasteiger partial charge in [0, 0.05) is 39.2 Å². The summed E-state index contributed by atoms with van der Waals surface area (Å²) in [5.41, 5.74) is 0.00993. The maximum absolute atomic E-state index is 6.01. The molecule has 1 N–H and O–H groups in total. The van der Waals surface area contributed by atoms with Crippen LogP contribution in [0.2, 0.25) is 0 Å². The van der Waals surface area contributed by atoms with E-state index in [2.05, 4.69) is 12.2 Å². The SMILES string of the molecule is CCCNC(CC1CCCC1)C1(OC)CCOCC1. The van der Waals surface area contributed by atoms with Gasteiger partial charge in [-0.25, -0.2) is 0 Å². The van der Waals surface area contributed by atoms with E-state index in [0.717, 1.165) is 38.5 Å². The fourth-order valence-electron chi connectivity index (χ4n) is 3.79. The highest BCUT2D eigenvalue weighted by atomic mass is 16.5. The van der Waals surface area contributed by atoms with Crippen molar-refractivity contribution < 1.29 is 9.47 Å². The molecule has 1 aliphatic heterocycles. The molecule has 2 aliphatic rings. The lowest BCUT2D eigenvalue weighted by molar-refractivity contribution is -0.113. The molecule has 1 saturated heterocycles. The van der Waals surface area contributed by atoms with E-state index in [9.17, 15) is 0 Å². The molecule has 1 atom stereocenters. The maximum atomic E-state index is 6.01. The largest absolute Gasteiger partial charge is 0.381 e. The summed E-state index contributed by atoms with van der Waals surface area (Å²) < 4.78 is 11.5. The third-order valence-electron chi connectivity index (χ3n) is 5.07. The van der Waals surface area contributed by atoms with Gasteiger partial charge in [0.25, 0.3) is 0 Å². The Labute approximate surface area is 118 Å². The first-order valence-electron chi connectivity index (χ1n) is 8.17. The number of methoxy groups -OCH3 is 1. The van der Waals surface area contributed by atoms with Crippen molar-refractivity contribution in [1.82, 2.24) is 5.32 Å². The molecule has 0 amide bonds. The lowest BCUT2D eigenvalue weighted by Crippen LogP contribution is -2.55. The number of nitrogens with one attached hydrogen (secondary N) is 1. The Morgan fingerprint density at radius 2 is 1.95 bits per heavy atom. The molecule has 1 saturated carbocycles. The molecule has 0 bridgehead atoms. The van der Waals surface area contributed by atoms with Crippen LogP contribution < -0.4 is 5.32 Å². The first kappa shape index (κ1) is 15.3. The normalized spacial score (nSPS) is 25.6. The van der Waals surface area contributed by atoms with Crippen LogP contribution >= 0.6 is 0 Å². The summed E-state index contributed by atoms with van der Waals surface area (Å²) in [7, 11) is 1.89. The molecule has 0 aromatic rings. The van der Waals surface area contributed by atoms with Gasteiger partial charge in [0.05, 0.1) is 5.60 Å². The topological polar surface area (TPSA) is 30.5 Å². The molecule has 2 rings (SSSR count). The molecule has 0 aromatic carbocycles. The van der Waals surface area contributed by atoms with E-state index in [4.69, 9.17) is 9.47 Å². The molecule has 1 unspecified atom stereocenters. The van der Waals surface area contributed by atoms with E-state index in [-0.39, 0.29) is 5.60 Å². The van der Waals surface area contributed by atoms with Crippen molar-refractivity contribution in [1.29, 1.82) is 0 Å². The molecule has 0 spiro atoms. The van der Waals surface area contributed by atoms with Gasteiger partial charge in [-0.2, -0.15) is 0 Å². The van der Waals surface area contributed by atoms with E-state index in [1.165, 1.54) is 38.5 Å². The number of rotatable bonds is 7. The van der Waals surface area contributed by atoms with Crippen LogP contribution in [0.5, 0.6) is 0 Å². The Balaban J connectivity index is 2.00. The van der Waals surface area contributed by atoms with Gasteiger partial charge in [0.2, 0.25) is 0 Å². The predicted molar refractivity (Wildman–Crippen MR) is 78.4 cm³/mol. The van der Waals surface area contributed by atoms with Crippen LogP contribution in [-0.2, 0) is 9.47 Å². The number of hydrogen-bond donors (Lipinski definition) is 1. The minimum Gasteiger partial charge on any atom is -0.381 e. The molecule has 0 aromatic heterocycles. The zero-order chi connectivity index (χ0) is 13.6. The fourth-order valence-corrected chi connectivity index (χ4v) is 3.79. The Morgan fingerprint density at radius 3 is 2.53 bits per heavy atom. The number of hydrogen-bond acceptors (Lipinski definition) is 3. The molecule has 1 aliphatic carbocycles. The minimum atomic E-state index is 0.00993. The molecule has 19 heavy (non-hydrogen) atoms. The zero-order valence-corrected chi connectivity index (χ0v) is 12.7. The highest BCUT2D eigenvalue weighted by Gasteiger charge is 2.41. The second-order valence-corrected chi connectivity index (χ2v) is 6.27. The van der Waals surface area contributed by atoms with Crippen molar-refractivity contribution in [3.05, 3.63) is 0 Å². The summed E-state index contributed by atoms with van der Waals surface area (Å²) in [6.45, 7) is 5.04. The molecule has 3 nitrogen and oxygen atoms in total. The molecule has 112 valence electrons. The molecule has 1 heterocycles. The maximum Gasteiger partial charge on any atom is 0.0874 e. The second-order valence-electron chi connectivity index (χ2n) is 6.27. The fraction of sp³-hybridized carbons (Fsp3) is 1.00. The van der Waals surface area contributed by atoms with Gasteiger partial charge in [-0.1, -0.05) is 32.6 Å². The Morgan fingerprint density at radius 1 is 1.26 bits per heavy atom. The smallest absolute Gasteiger partial charge is 0.0874 e. The summed E-state index contributed by atoms with van der Waals surface area (Å²) in [6, 6.07) is 0.504. The Kier molecular flexibility index (Phi) is 6.11. The minimum absolute atomic E-state index is 0.00993. The quantitative estimate of drug-likeness (QED) is 0.770. The van der Waals surface area contributed by atoms with Crippen LogP contribution in [0.25, 0.3) is 0 Å². The van der Waals surface area contributed by atoms with Gasteiger partial charge >= 0.3 is 0 Å². The monoisotopic (exact) mass is 269 g/mol. The first-order chi connectivity index (χ1) is 9.30. The van der Waals surface area contributed by atoms with Crippen molar-refractivity contribution in [3.63, 3.8) is 0 Å². The van der Waals surface area contributed by atoms with Gasteiger partial charge in [-0.3, -0.25) is 0 Å². The molecule has 3 heteroatoms. The Hall–Kier alpha value is -0.120.